The average molecular weight is 1450 g/mol. The predicted molar refractivity (Wildman–Crippen MR) is 361 cm³/mol. The summed E-state index contributed by atoms with van der Waals surface area (Å²) >= 11 is 0. The van der Waals surface area contributed by atoms with Crippen LogP contribution in [-0.4, -0.2) is 229 Å². The summed E-state index contributed by atoms with van der Waals surface area (Å²) in [6.07, 6.45) is -10.5. The lowest BCUT2D eigenvalue weighted by molar-refractivity contribution is -0.242. The molecule has 0 bridgehead atoms. The number of ether oxygens (including phenoxy) is 10. The smallest absolute Gasteiger partial charge is 0.416 e. The minimum absolute atomic E-state index is 0.00259. The molecule has 6 aliphatic rings. The Hall–Kier alpha value is -9.20. The summed E-state index contributed by atoms with van der Waals surface area (Å²) in [6.45, 7) is 4.70. The molecule has 2 fully saturated rings. The van der Waals surface area contributed by atoms with Crippen LogP contribution < -0.4 is 39.4 Å². The van der Waals surface area contributed by atoms with Crippen LogP contribution in [0.15, 0.2) is 90.4 Å². The number of nitrogens with zero attached hydrogens (tertiary/aromatic N) is 7. The van der Waals surface area contributed by atoms with Gasteiger partial charge in [-0.15, -0.1) is 5.10 Å². The number of anilines is 2. The van der Waals surface area contributed by atoms with Crippen molar-refractivity contribution >= 4 is 46.9 Å². The molecule has 0 spiro atoms. The van der Waals surface area contributed by atoms with Gasteiger partial charge in [0.25, 0.3) is 11.8 Å². The molecule has 12 atom stereocenters. The van der Waals surface area contributed by atoms with Crippen molar-refractivity contribution in [2.45, 2.75) is 172 Å². The zero-order valence-corrected chi connectivity index (χ0v) is 57.9. The monoisotopic (exact) mass is 1450 g/mol. The van der Waals surface area contributed by atoms with E-state index in [1.165, 1.54) is 83.3 Å². The van der Waals surface area contributed by atoms with Gasteiger partial charge in [-0.05, 0) is 112 Å². The summed E-state index contributed by atoms with van der Waals surface area (Å²) in [6, 6.07) is 12.8. The lowest BCUT2D eigenvalue weighted by Gasteiger charge is -2.35. The van der Waals surface area contributed by atoms with Crippen molar-refractivity contribution in [3.05, 3.63) is 135 Å². The van der Waals surface area contributed by atoms with Gasteiger partial charge in [-0.25, -0.2) is 30.0 Å². The Balaban J connectivity index is 0.758. The zero-order chi connectivity index (χ0) is 74.2. The number of nitrogens with two attached hydrogens (primary N) is 1. The van der Waals surface area contributed by atoms with Gasteiger partial charge in [0.1, 0.15) is 67.1 Å². The number of fused-ring (bicyclic) bond motifs is 4. The quantitative estimate of drug-likeness (QED) is 0.0188. The molecule has 33 heteroatoms. The molecule has 5 aromatic rings. The van der Waals surface area contributed by atoms with Gasteiger partial charge in [0, 0.05) is 63.7 Å². The Morgan fingerprint density at radius 2 is 1.09 bits per heavy atom. The van der Waals surface area contributed by atoms with Crippen LogP contribution in [0.5, 0.6) is 28.7 Å². The molecule has 11 rings (SSSR count). The molecule has 0 radical (unpaired) electrons. The number of hydrogen-bond donors (Lipinski definition) is 9. The molecular weight excluding hydrogens is 1360 g/mol. The largest absolute Gasteiger partial charge is 0.493 e. The SMILES string of the molecule is COCCCC(=O)c1cc(COC(=O)N2c3cc(OCCCCCOc4cc5c(cc4C)C(=O)N4C=C(C)C[C@H]4C(O)N5C(=O)OCc4ccc(O[C@@H]5OC[C@@H](O)[C@H](O)[C@H]5O)c(C(=O)CCc5cn(CCON)nn5)c4)c(OC)cc3C(=O)N3C=C(C)C[C@H]3C2O)ccc1O[C@@H]1OC[C@@H](O)[C@H](O)[C@H]1O. The van der Waals surface area contributed by atoms with Crippen LogP contribution in [0.3, 0.4) is 0 Å². The first kappa shape index (κ1) is 75.9. The Kier molecular flexibility index (Phi) is 24.6. The fourth-order valence-corrected chi connectivity index (χ4v) is 13.0. The Morgan fingerprint density at radius 1 is 0.577 bits per heavy atom. The lowest BCUT2D eigenvalue weighted by atomic mass is 10.0. The van der Waals surface area contributed by atoms with Gasteiger partial charge in [-0.3, -0.25) is 19.2 Å². The number of amides is 4. The van der Waals surface area contributed by atoms with Crippen molar-refractivity contribution in [3.8, 4) is 28.7 Å². The molecule has 6 aliphatic heterocycles. The van der Waals surface area contributed by atoms with Crippen LogP contribution in [0.4, 0.5) is 21.0 Å². The molecule has 0 saturated carbocycles. The third-order valence-electron chi connectivity index (χ3n) is 18.6. The summed E-state index contributed by atoms with van der Waals surface area (Å²) in [5.41, 5.74) is 3.23. The summed E-state index contributed by atoms with van der Waals surface area (Å²) < 4.78 is 59.5. The molecule has 4 aromatic carbocycles. The number of Topliss-reactive ketones (excluding diaryl/α,β-unsaturated/α-hetero) is 2. The first-order valence-electron chi connectivity index (χ1n) is 34.0. The van der Waals surface area contributed by atoms with Crippen molar-refractivity contribution in [1.29, 1.82) is 0 Å². The van der Waals surface area contributed by atoms with Gasteiger partial charge >= 0.3 is 12.2 Å². The minimum Gasteiger partial charge on any atom is -0.493 e. The van der Waals surface area contributed by atoms with Gasteiger partial charge in [-0.2, -0.15) is 0 Å². The number of benzene rings is 4. The van der Waals surface area contributed by atoms with E-state index < -0.39 is 117 Å². The van der Waals surface area contributed by atoms with Crippen LogP contribution in [-0.2, 0) is 54.7 Å². The van der Waals surface area contributed by atoms with Gasteiger partial charge in [0.05, 0.1) is 98.1 Å². The third-order valence-corrected chi connectivity index (χ3v) is 18.6. The standard InChI is InChI=1S/C71H86N8O25/c1-37-22-49-66(90)78(70(92)100-34-41-12-16-56(104-69-63(87)61(85)54(83)36-99-69)46(26-41)52(81)14-13-42-32-75(74-73-42)17-21-102-72)47-28-57(39(3)24-43(47)64(88)76(49)30-37)96-19-7-6-8-20-97-59-29-48-44(27-58(59)95-5)65(89)77-31-38(2)23-50(77)67(91)79(48)71(93)101-33-40-11-15-55(45(25-40)51(80)10-9-18-94-4)103-68-62(86)60(84)53(82)35-98-68/h11-12,15-16,24-32,49-50,53-54,60-63,66-69,82-87,90-91H,6-10,13-14,17-23,33-36,72H2,1-5H3/t49-,50-,53+,54+,60-,61-,62+,63+,66?,67?,68-,69-/m0/s1. The highest BCUT2D eigenvalue weighted by Crippen LogP contribution is 2.44. The van der Waals surface area contributed by atoms with Crippen molar-refractivity contribution in [3.63, 3.8) is 0 Å². The summed E-state index contributed by atoms with van der Waals surface area (Å²) in [4.78, 5) is 95.0. The van der Waals surface area contributed by atoms with Gasteiger partial charge in [0.15, 0.2) is 35.5 Å². The average Bonchev–Trinajstić information content (AvgIpc) is 1.60. The van der Waals surface area contributed by atoms with Crippen LogP contribution in [0.25, 0.3) is 0 Å². The van der Waals surface area contributed by atoms with Crippen molar-refractivity contribution in [2.75, 3.05) is 63.7 Å². The number of methoxy groups -OCH3 is 2. The zero-order valence-electron chi connectivity index (χ0n) is 57.9. The number of carbonyl (C=O) groups is 6. The molecule has 2 unspecified atom stereocenters. The number of aliphatic hydroxyl groups excluding tert-OH is 8. The molecule has 0 aliphatic carbocycles. The third kappa shape index (κ3) is 16.8. The molecule has 33 nitrogen and oxygen atoms in total. The maximum atomic E-state index is 14.6. The maximum Gasteiger partial charge on any atom is 0.416 e. The molecule has 1 aromatic heterocycles. The second kappa shape index (κ2) is 33.7. The summed E-state index contributed by atoms with van der Waals surface area (Å²) in [5, 5.41) is 94.5. The highest BCUT2D eigenvalue weighted by Gasteiger charge is 2.48. The molecule has 10 N–H and O–H groups in total. The Labute approximate surface area is 596 Å². The predicted octanol–water partition coefficient (Wildman–Crippen LogP) is 3.36. The number of hydrogen-bond acceptors (Lipinski definition) is 28. The van der Waals surface area contributed by atoms with Gasteiger partial charge in [0.2, 0.25) is 12.6 Å². The second-order valence-electron chi connectivity index (χ2n) is 26.2. The Morgan fingerprint density at radius 3 is 1.61 bits per heavy atom. The molecular formula is C71H86N8O25. The fourth-order valence-electron chi connectivity index (χ4n) is 13.0. The number of ketones is 2. The fraction of sp³-hybridized carbons (Fsp3) is 0.493. The molecule has 104 heavy (non-hydrogen) atoms. The van der Waals surface area contributed by atoms with E-state index in [9.17, 15) is 69.6 Å². The number of aryl methyl sites for hydroxylation is 2. The van der Waals surface area contributed by atoms with E-state index in [1.807, 2.05) is 0 Å². The van der Waals surface area contributed by atoms with Crippen LogP contribution >= 0.6 is 0 Å². The van der Waals surface area contributed by atoms with Crippen LogP contribution in [0, 0.1) is 6.92 Å². The normalized spacial score (nSPS) is 24.3. The van der Waals surface area contributed by atoms with E-state index in [-0.39, 0.29) is 134 Å². The van der Waals surface area contributed by atoms with Crippen molar-refractivity contribution in [2.24, 2.45) is 5.90 Å². The van der Waals surface area contributed by atoms with Crippen LogP contribution in [0.2, 0.25) is 0 Å². The number of aromatic nitrogens is 3. The Bertz CT molecular complexity index is 4040. The van der Waals surface area contributed by atoms with Gasteiger partial charge in [-0.1, -0.05) is 28.5 Å². The van der Waals surface area contributed by atoms with E-state index in [0.717, 1.165) is 20.9 Å². The van der Waals surface area contributed by atoms with E-state index in [1.54, 1.807) is 45.4 Å². The first-order valence-corrected chi connectivity index (χ1v) is 34.0. The summed E-state index contributed by atoms with van der Waals surface area (Å²) in [5.74, 6) is 3.79. The van der Waals surface area contributed by atoms with E-state index in [0.29, 0.717) is 60.4 Å². The summed E-state index contributed by atoms with van der Waals surface area (Å²) in [7, 11) is 2.88. The first-order chi connectivity index (χ1) is 50.0. The molecule has 560 valence electrons. The number of carbonyl (C=O) groups excluding carboxylic acids is 6. The second-order valence-corrected chi connectivity index (χ2v) is 26.2. The molecule has 7 heterocycles. The van der Waals surface area contributed by atoms with E-state index in [4.69, 9.17) is 53.3 Å². The van der Waals surface area contributed by atoms with Crippen molar-refractivity contribution < 1.29 is 122 Å². The maximum absolute atomic E-state index is 14.6. The minimum atomic E-state index is -1.69. The van der Waals surface area contributed by atoms with Crippen molar-refractivity contribution in [1.82, 2.24) is 24.8 Å². The number of rotatable bonds is 29. The topological polar surface area (TPSA) is 435 Å². The number of aliphatic hydroxyl groups is 8. The van der Waals surface area contributed by atoms with Gasteiger partial charge < -0.3 is 103 Å². The van der Waals surface area contributed by atoms with E-state index in [2.05, 4.69) is 15.1 Å². The van der Waals surface area contributed by atoms with E-state index >= 15 is 0 Å². The van der Waals surface area contributed by atoms with Crippen LogP contribution in [0.1, 0.15) is 129 Å². The number of unbranched alkanes of at least 4 members (excludes halogenated alkanes) is 2. The molecule has 2 saturated heterocycles. The lowest BCUT2D eigenvalue weighted by Crippen LogP contribution is -2.54. The molecule has 4 amide bonds. The highest BCUT2D eigenvalue weighted by atomic mass is 16.7. The highest BCUT2D eigenvalue weighted by molar-refractivity contribution is 6.08.